The second-order valence-corrected chi connectivity index (χ2v) is 8.24. The maximum absolute atomic E-state index is 12.7. The molecule has 0 spiro atoms. The van der Waals surface area contributed by atoms with Crippen LogP contribution in [-0.4, -0.2) is 42.6 Å². The van der Waals surface area contributed by atoms with E-state index in [0.29, 0.717) is 12.1 Å². The highest BCUT2D eigenvalue weighted by atomic mass is 32.2. The fraction of sp³-hybridized carbons (Fsp3) is 0.500. The normalized spacial score (nSPS) is 21.8. The maximum atomic E-state index is 12.7. The second kappa shape index (κ2) is 6.52. The van der Waals surface area contributed by atoms with Gasteiger partial charge in [0.25, 0.3) is 5.91 Å². The predicted octanol–water partition coefficient (Wildman–Crippen LogP) is 0.985. The van der Waals surface area contributed by atoms with Gasteiger partial charge in [0.15, 0.2) is 5.69 Å². The molecule has 0 aliphatic heterocycles. The first-order valence-electron chi connectivity index (χ1n) is 8.10. The number of nitrogens with two attached hydrogens (primary N) is 1. The van der Waals surface area contributed by atoms with Crippen LogP contribution in [0.3, 0.4) is 0 Å². The summed E-state index contributed by atoms with van der Waals surface area (Å²) in [7, 11) is -3.54. The molecule has 1 aliphatic rings. The highest BCUT2D eigenvalue weighted by molar-refractivity contribution is 7.90. The van der Waals surface area contributed by atoms with Crippen molar-refractivity contribution in [3.8, 4) is 0 Å². The smallest absolute Gasteiger partial charge is 0.272 e. The van der Waals surface area contributed by atoms with E-state index in [-0.39, 0.29) is 28.7 Å². The van der Waals surface area contributed by atoms with Gasteiger partial charge in [0, 0.05) is 18.5 Å². The molecule has 2 atom stereocenters. The number of sulfone groups is 1. The van der Waals surface area contributed by atoms with Crippen molar-refractivity contribution >= 4 is 21.3 Å². The van der Waals surface area contributed by atoms with Crippen molar-refractivity contribution in [2.75, 3.05) is 12.8 Å². The van der Waals surface area contributed by atoms with Crippen LogP contribution in [0.2, 0.25) is 0 Å². The van der Waals surface area contributed by atoms with Gasteiger partial charge in [0.2, 0.25) is 15.0 Å². The summed E-state index contributed by atoms with van der Waals surface area (Å²) in [6.45, 7) is 0.531. The molecule has 2 heterocycles. The molecule has 1 saturated carbocycles. The van der Waals surface area contributed by atoms with E-state index in [2.05, 4.69) is 10.3 Å². The van der Waals surface area contributed by atoms with Gasteiger partial charge in [-0.1, -0.05) is 18.9 Å². The Bertz CT molecular complexity index is 859. The summed E-state index contributed by atoms with van der Waals surface area (Å²) in [6.07, 6.45) is 6.75. The van der Waals surface area contributed by atoms with Crippen LogP contribution in [0.1, 0.15) is 36.2 Å². The van der Waals surface area contributed by atoms with E-state index < -0.39 is 9.84 Å². The maximum Gasteiger partial charge on any atom is 0.272 e. The zero-order chi connectivity index (χ0) is 17.3. The Hall–Kier alpha value is -1.93. The molecule has 3 rings (SSSR count). The van der Waals surface area contributed by atoms with Crippen molar-refractivity contribution in [1.29, 1.82) is 0 Å². The Kier molecular flexibility index (Phi) is 4.60. The lowest BCUT2D eigenvalue weighted by atomic mass is 9.84. The Balaban J connectivity index is 1.96. The number of carbonyl (C=O) groups excluding carboxylic acids is 1. The first-order chi connectivity index (χ1) is 11.4. The van der Waals surface area contributed by atoms with Gasteiger partial charge >= 0.3 is 0 Å². The van der Waals surface area contributed by atoms with Gasteiger partial charge in [-0.15, -0.1) is 0 Å². The average molecular weight is 350 g/mol. The van der Waals surface area contributed by atoms with Crippen molar-refractivity contribution in [3.63, 3.8) is 0 Å². The number of imidazole rings is 1. The summed E-state index contributed by atoms with van der Waals surface area (Å²) in [5.74, 6) is -0.0927. The third-order valence-corrected chi connectivity index (χ3v) is 5.54. The van der Waals surface area contributed by atoms with E-state index in [1.165, 1.54) is 4.40 Å². The molecule has 1 aliphatic carbocycles. The molecule has 0 aromatic carbocycles. The molecule has 130 valence electrons. The van der Waals surface area contributed by atoms with Crippen molar-refractivity contribution in [1.82, 2.24) is 14.7 Å². The molecular weight excluding hydrogens is 328 g/mol. The number of rotatable bonds is 4. The topological polar surface area (TPSA) is 107 Å². The molecule has 7 nitrogen and oxygen atoms in total. The van der Waals surface area contributed by atoms with Crippen LogP contribution in [0, 0.1) is 5.92 Å². The molecule has 2 aromatic heterocycles. The summed E-state index contributed by atoms with van der Waals surface area (Å²) in [6, 6.07) is 5.16. The van der Waals surface area contributed by atoms with Crippen LogP contribution in [-0.2, 0) is 9.84 Å². The molecule has 3 N–H and O–H groups in total. The molecule has 1 amide bonds. The van der Waals surface area contributed by atoms with Crippen LogP contribution in [0.25, 0.3) is 5.52 Å². The number of hydrogen-bond donors (Lipinski definition) is 2. The van der Waals surface area contributed by atoms with Crippen LogP contribution >= 0.6 is 0 Å². The van der Waals surface area contributed by atoms with E-state index >= 15 is 0 Å². The minimum absolute atomic E-state index is 0.0124. The number of hydrogen-bond acceptors (Lipinski definition) is 5. The van der Waals surface area contributed by atoms with Crippen LogP contribution < -0.4 is 11.1 Å². The Morgan fingerprint density at radius 1 is 1.38 bits per heavy atom. The van der Waals surface area contributed by atoms with E-state index in [0.717, 1.165) is 31.9 Å². The van der Waals surface area contributed by atoms with Gasteiger partial charge in [-0.05, 0) is 37.4 Å². The van der Waals surface area contributed by atoms with E-state index in [1.54, 1.807) is 24.4 Å². The Labute approximate surface area is 141 Å². The van der Waals surface area contributed by atoms with Gasteiger partial charge in [-0.3, -0.25) is 9.20 Å². The summed E-state index contributed by atoms with van der Waals surface area (Å²) in [5.41, 5.74) is 6.43. The lowest BCUT2D eigenvalue weighted by molar-refractivity contribution is 0.0905. The SMILES string of the molecule is CS(=O)(=O)c1nc(C(=O)NC2CCCCC2CN)c2ccccn12. The van der Waals surface area contributed by atoms with Gasteiger partial charge in [-0.2, -0.15) is 0 Å². The van der Waals surface area contributed by atoms with Crippen molar-refractivity contribution < 1.29 is 13.2 Å². The van der Waals surface area contributed by atoms with Crippen LogP contribution in [0.4, 0.5) is 0 Å². The zero-order valence-corrected chi connectivity index (χ0v) is 14.4. The molecule has 2 unspecified atom stereocenters. The van der Waals surface area contributed by atoms with Gasteiger partial charge in [0.1, 0.15) is 0 Å². The molecule has 24 heavy (non-hydrogen) atoms. The molecule has 2 aromatic rings. The third kappa shape index (κ3) is 3.16. The standard InChI is InChI=1S/C16H22N4O3S/c1-24(22,23)16-19-14(13-8-4-5-9-20(13)16)15(21)18-12-7-3-2-6-11(12)10-17/h4-5,8-9,11-12H,2-3,6-7,10,17H2,1H3,(H,18,21). The molecule has 0 bridgehead atoms. The summed E-state index contributed by atoms with van der Waals surface area (Å²) in [4.78, 5) is 16.8. The van der Waals surface area contributed by atoms with E-state index in [9.17, 15) is 13.2 Å². The average Bonchev–Trinajstić information content (AvgIpc) is 2.95. The van der Waals surface area contributed by atoms with Gasteiger partial charge < -0.3 is 11.1 Å². The minimum atomic E-state index is -3.54. The zero-order valence-electron chi connectivity index (χ0n) is 13.6. The summed E-state index contributed by atoms with van der Waals surface area (Å²) >= 11 is 0. The van der Waals surface area contributed by atoms with Crippen molar-refractivity contribution in [3.05, 3.63) is 30.1 Å². The molecule has 0 radical (unpaired) electrons. The second-order valence-electron chi connectivity index (χ2n) is 6.33. The van der Waals surface area contributed by atoms with E-state index in [4.69, 9.17) is 5.73 Å². The van der Waals surface area contributed by atoms with Gasteiger partial charge in [0.05, 0.1) is 5.52 Å². The molecule has 8 heteroatoms. The van der Waals surface area contributed by atoms with Crippen LogP contribution in [0.15, 0.2) is 29.6 Å². The summed E-state index contributed by atoms with van der Waals surface area (Å²) in [5, 5.41) is 2.88. The number of nitrogens with zero attached hydrogens (tertiary/aromatic N) is 2. The van der Waals surface area contributed by atoms with Crippen molar-refractivity contribution in [2.24, 2.45) is 11.7 Å². The lowest BCUT2D eigenvalue weighted by Gasteiger charge is -2.31. The fourth-order valence-corrected chi connectivity index (χ4v) is 4.13. The number of amides is 1. The van der Waals surface area contributed by atoms with E-state index in [1.807, 2.05) is 0 Å². The lowest BCUT2D eigenvalue weighted by Crippen LogP contribution is -2.44. The molecule has 0 saturated heterocycles. The summed E-state index contributed by atoms with van der Waals surface area (Å²) < 4.78 is 25.3. The van der Waals surface area contributed by atoms with Crippen LogP contribution in [0.5, 0.6) is 0 Å². The quantitative estimate of drug-likeness (QED) is 0.855. The first kappa shape index (κ1) is 16.9. The van der Waals surface area contributed by atoms with Gasteiger partial charge in [-0.25, -0.2) is 13.4 Å². The monoisotopic (exact) mass is 350 g/mol. The fourth-order valence-electron chi connectivity index (χ4n) is 3.35. The first-order valence-corrected chi connectivity index (χ1v) is 9.99. The molecular formula is C16H22N4O3S. The highest BCUT2D eigenvalue weighted by Crippen LogP contribution is 2.24. The number of aromatic nitrogens is 2. The third-order valence-electron chi connectivity index (χ3n) is 4.59. The Morgan fingerprint density at radius 2 is 2.12 bits per heavy atom. The number of carbonyl (C=O) groups is 1. The number of pyridine rings is 1. The Morgan fingerprint density at radius 3 is 2.83 bits per heavy atom. The highest BCUT2D eigenvalue weighted by Gasteiger charge is 2.28. The molecule has 1 fully saturated rings. The number of fused-ring (bicyclic) bond motifs is 1. The largest absolute Gasteiger partial charge is 0.348 e. The minimum Gasteiger partial charge on any atom is -0.348 e. The predicted molar refractivity (Wildman–Crippen MR) is 90.6 cm³/mol. The van der Waals surface area contributed by atoms with Crippen molar-refractivity contribution in [2.45, 2.75) is 36.9 Å². The number of nitrogens with one attached hydrogen (secondary N) is 1.